The summed E-state index contributed by atoms with van der Waals surface area (Å²) >= 11 is 0. The lowest BCUT2D eigenvalue weighted by Crippen LogP contribution is -2.09. The van der Waals surface area contributed by atoms with E-state index in [4.69, 9.17) is 38.6 Å². The van der Waals surface area contributed by atoms with E-state index in [0.29, 0.717) is 99.1 Å². The van der Waals surface area contributed by atoms with Crippen molar-refractivity contribution < 1.29 is 47.6 Å². The minimum absolute atomic E-state index is 0.305. The third-order valence-corrected chi connectivity index (χ3v) is 9.24. The Bertz CT molecular complexity index is 1950. The van der Waals surface area contributed by atoms with Crippen molar-refractivity contribution in [3.05, 3.63) is 145 Å². The Balaban J connectivity index is 1.33. The first-order valence-corrected chi connectivity index (χ1v) is 21.1. The average Bonchev–Trinajstić information content (AvgIpc) is 3.30. The number of hydrogen-bond donors (Lipinski definition) is 0. The molecule has 0 N–H and O–H groups in total. The summed E-state index contributed by atoms with van der Waals surface area (Å²) in [6.07, 6.45) is 10.2. The lowest BCUT2D eigenvalue weighted by atomic mass is 10.0. The van der Waals surface area contributed by atoms with Gasteiger partial charge in [-0.25, -0.2) is 19.2 Å². The maximum absolute atomic E-state index is 12.9. The van der Waals surface area contributed by atoms with E-state index in [9.17, 15) is 19.2 Å². The van der Waals surface area contributed by atoms with Gasteiger partial charge in [-0.15, -0.1) is 0 Å². The van der Waals surface area contributed by atoms with E-state index in [-0.39, 0.29) is 0 Å². The Labute approximate surface area is 364 Å². The number of hydrogen-bond acceptors (Lipinski definition) is 12. The van der Waals surface area contributed by atoms with Crippen molar-refractivity contribution >= 4 is 35.3 Å². The van der Waals surface area contributed by atoms with Crippen LogP contribution >= 0.6 is 0 Å². The van der Waals surface area contributed by atoms with E-state index >= 15 is 0 Å². The van der Waals surface area contributed by atoms with Gasteiger partial charge in [-0.05, 0) is 160 Å². The molecule has 0 bridgehead atoms. The molecule has 4 aromatic carbocycles. The summed E-state index contributed by atoms with van der Waals surface area (Å²) in [6, 6.07) is 28.0. The zero-order chi connectivity index (χ0) is 44.4. The van der Waals surface area contributed by atoms with Crippen LogP contribution in [0, 0.1) is 0 Å². The highest BCUT2D eigenvalue weighted by molar-refractivity contribution is 6.04. The van der Waals surface area contributed by atoms with Gasteiger partial charge in [0, 0.05) is 12.2 Å². The van der Waals surface area contributed by atoms with Gasteiger partial charge in [-0.1, -0.05) is 39.8 Å². The summed E-state index contributed by atoms with van der Waals surface area (Å²) in [6.45, 7) is 12.5. The molecule has 0 radical (unpaired) electrons. The predicted octanol–water partition coefficient (Wildman–Crippen LogP) is 10.5. The third kappa shape index (κ3) is 17.0. The second kappa shape index (κ2) is 27.1. The molecular weight excluding hydrogens is 789 g/mol. The SMILES string of the molecule is C=CC(=O)OCCCCOc1ccc(C(=O)Oc2ccc(/C(CCCC)=N/N=C(\CCCC)c3ccc(OC(=O)c4ccc(OCCCCOC(=O)C=C)cc4)cc3)cc2)cc1. The van der Waals surface area contributed by atoms with Crippen LogP contribution in [-0.2, 0) is 19.1 Å². The predicted molar refractivity (Wildman–Crippen MR) is 240 cm³/mol. The number of nitrogens with zero attached hydrogens (tertiary/aromatic N) is 2. The monoisotopic (exact) mass is 844 g/mol. The number of esters is 4. The minimum Gasteiger partial charge on any atom is -0.494 e. The molecule has 0 heterocycles. The molecule has 0 aliphatic heterocycles. The van der Waals surface area contributed by atoms with Crippen molar-refractivity contribution in [2.75, 3.05) is 26.4 Å². The van der Waals surface area contributed by atoms with Crippen LogP contribution in [0.5, 0.6) is 23.0 Å². The zero-order valence-corrected chi connectivity index (χ0v) is 35.7. The molecule has 0 aliphatic rings. The molecule has 4 aromatic rings. The summed E-state index contributed by atoms with van der Waals surface area (Å²) in [5.74, 6) is 0.173. The molecule has 4 rings (SSSR count). The average molecular weight is 845 g/mol. The standard InChI is InChI=1S/C50H56N2O10/c1-5-9-15-45(37-17-29-43(30-18-37)61-49(55)39-21-25-41(26-22-39)57-33-11-13-35-59-47(53)7-3)51-52-46(16-10-6-2)38-19-31-44(32-20-38)62-50(56)40-23-27-42(28-24-40)58-34-12-14-36-60-48(54)8-4/h7-8,17-32H,3-6,9-16,33-36H2,1-2H3/b51-45+,52-46+. The Hall–Kier alpha value is -6.82. The molecule has 326 valence electrons. The van der Waals surface area contributed by atoms with Gasteiger partial charge in [-0.2, -0.15) is 10.2 Å². The van der Waals surface area contributed by atoms with Gasteiger partial charge in [-0.3, -0.25) is 0 Å². The highest BCUT2D eigenvalue weighted by Gasteiger charge is 2.13. The van der Waals surface area contributed by atoms with Gasteiger partial charge in [0.1, 0.15) is 23.0 Å². The molecule has 0 fully saturated rings. The molecule has 0 atom stereocenters. The van der Waals surface area contributed by atoms with E-state index in [1.807, 2.05) is 24.3 Å². The van der Waals surface area contributed by atoms with Gasteiger partial charge in [0.15, 0.2) is 0 Å². The van der Waals surface area contributed by atoms with Crippen molar-refractivity contribution in [2.45, 2.75) is 78.1 Å². The fourth-order valence-electron chi connectivity index (χ4n) is 5.70. The topological polar surface area (TPSA) is 148 Å². The second-order valence-corrected chi connectivity index (χ2v) is 14.0. The summed E-state index contributed by atoms with van der Waals surface area (Å²) in [5.41, 5.74) is 4.16. The van der Waals surface area contributed by atoms with Crippen molar-refractivity contribution in [3.8, 4) is 23.0 Å². The largest absolute Gasteiger partial charge is 0.494 e. The summed E-state index contributed by atoms with van der Waals surface area (Å²) in [7, 11) is 0. The van der Waals surface area contributed by atoms with Crippen LogP contribution in [0.15, 0.2) is 133 Å². The van der Waals surface area contributed by atoms with Crippen molar-refractivity contribution in [1.82, 2.24) is 0 Å². The first-order valence-electron chi connectivity index (χ1n) is 21.1. The molecule has 0 saturated heterocycles. The molecule has 0 amide bonds. The van der Waals surface area contributed by atoms with Crippen LogP contribution in [0.3, 0.4) is 0 Å². The number of carbonyl (C=O) groups is 4. The third-order valence-electron chi connectivity index (χ3n) is 9.24. The number of benzene rings is 4. The van der Waals surface area contributed by atoms with Crippen molar-refractivity contribution in [2.24, 2.45) is 10.2 Å². The van der Waals surface area contributed by atoms with E-state index in [2.05, 4.69) is 27.0 Å². The van der Waals surface area contributed by atoms with Gasteiger partial charge < -0.3 is 28.4 Å². The Kier molecular flexibility index (Phi) is 20.9. The van der Waals surface area contributed by atoms with Crippen LogP contribution in [0.25, 0.3) is 0 Å². The summed E-state index contributed by atoms with van der Waals surface area (Å²) in [4.78, 5) is 48.1. The highest BCUT2D eigenvalue weighted by Crippen LogP contribution is 2.21. The van der Waals surface area contributed by atoms with Crippen LogP contribution < -0.4 is 18.9 Å². The van der Waals surface area contributed by atoms with Gasteiger partial charge >= 0.3 is 23.9 Å². The smallest absolute Gasteiger partial charge is 0.343 e. The highest BCUT2D eigenvalue weighted by atomic mass is 16.5. The number of carbonyl (C=O) groups excluding carboxylic acids is 4. The quantitative estimate of drug-likeness (QED) is 0.0142. The molecule has 12 heteroatoms. The normalized spacial score (nSPS) is 11.3. The minimum atomic E-state index is -0.491. The van der Waals surface area contributed by atoms with E-state index < -0.39 is 23.9 Å². The number of unbranched alkanes of at least 4 members (excludes halogenated alkanes) is 4. The Morgan fingerprint density at radius 3 is 1.11 bits per heavy atom. The fourth-order valence-corrected chi connectivity index (χ4v) is 5.70. The van der Waals surface area contributed by atoms with Crippen LogP contribution in [0.4, 0.5) is 0 Å². The molecule has 0 aromatic heterocycles. The molecule has 0 unspecified atom stereocenters. The Morgan fingerprint density at radius 2 is 0.774 bits per heavy atom. The Morgan fingerprint density at radius 1 is 0.452 bits per heavy atom. The lowest BCUT2D eigenvalue weighted by molar-refractivity contribution is -0.138. The number of ether oxygens (including phenoxy) is 6. The maximum Gasteiger partial charge on any atom is 0.343 e. The molecular formula is C50H56N2O10. The molecule has 0 aliphatic carbocycles. The fraction of sp³-hybridized carbons (Fsp3) is 0.320. The first kappa shape index (κ1) is 47.9. The number of rotatable bonds is 27. The van der Waals surface area contributed by atoms with E-state index in [1.54, 1.807) is 72.8 Å². The van der Waals surface area contributed by atoms with Gasteiger partial charge in [0.05, 0.1) is 49.0 Å². The van der Waals surface area contributed by atoms with Crippen molar-refractivity contribution in [1.29, 1.82) is 0 Å². The van der Waals surface area contributed by atoms with Crippen LogP contribution in [0.1, 0.15) is 110 Å². The summed E-state index contributed by atoms with van der Waals surface area (Å²) in [5, 5.41) is 9.52. The van der Waals surface area contributed by atoms with Gasteiger partial charge in [0.25, 0.3) is 0 Å². The molecule has 12 nitrogen and oxygen atoms in total. The molecule has 0 spiro atoms. The molecule has 0 saturated carbocycles. The van der Waals surface area contributed by atoms with E-state index in [0.717, 1.165) is 60.4 Å². The van der Waals surface area contributed by atoms with Gasteiger partial charge in [0.2, 0.25) is 0 Å². The first-order chi connectivity index (χ1) is 30.2. The summed E-state index contributed by atoms with van der Waals surface area (Å²) < 4.78 is 32.7. The van der Waals surface area contributed by atoms with Crippen LogP contribution in [-0.4, -0.2) is 61.7 Å². The zero-order valence-electron chi connectivity index (χ0n) is 35.7. The van der Waals surface area contributed by atoms with E-state index in [1.165, 1.54) is 0 Å². The second-order valence-electron chi connectivity index (χ2n) is 14.0. The van der Waals surface area contributed by atoms with Crippen LogP contribution in [0.2, 0.25) is 0 Å². The lowest BCUT2D eigenvalue weighted by Gasteiger charge is -2.10. The van der Waals surface area contributed by atoms with Crippen molar-refractivity contribution in [3.63, 3.8) is 0 Å². The molecule has 62 heavy (non-hydrogen) atoms. The maximum atomic E-state index is 12.9.